The molecule has 0 aromatic heterocycles. The van der Waals surface area contributed by atoms with Crippen LogP contribution >= 0.6 is 0 Å². The molecule has 0 aromatic rings. The Morgan fingerprint density at radius 1 is 0.933 bits per heavy atom. The Balaban J connectivity index is 5.38. The number of carboxylic acids is 2. The molecule has 0 aliphatic carbocycles. The highest BCUT2D eigenvalue weighted by atomic mass is 16.4. The largest absolute Gasteiger partial charge is 0.481 e. The van der Waals surface area contributed by atoms with E-state index in [9.17, 15) is 28.8 Å². The van der Waals surface area contributed by atoms with Crippen molar-refractivity contribution in [1.29, 1.82) is 0 Å². The van der Waals surface area contributed by atoms with Crippen LogP contribution in [-0.2, 0) is 28.8 Å². The number of aliphatic carboxylic acids is 2. The molecule has 0 aliphatic rings. The van der Waals surface area contributed by atoms with E-state index in [0.717, 1.165) is 0 Å². The molecule has 0 saturated heterocycles. The van der Waals surface area contributed by atoms with Crippen molar-refractivity contribution in [2.24, 2.45) is 17.4 Å². The number of carbonyl (C=O) groups is 6. The summed E-state index contributed by atoms with van der Waals surface area (Å²) in [6, 6.07) is -3.82. The summed E-state index contributed by atoms with van der Waals surface area (Å²) in [5, 5.41) is 24.4. The number of carboxylic acid groups (broad SMARTS) is 2. The Morgan fingerprint density at radius 3 is 2.00 bits per heavy atom. The van der Waals surface area contributed by atoms with Gasteiger partial charge in [0, 0.05) is 6.42 Å². The lowest BCUT2D eigenvalue weighted by Crippen LogP contribution is -2.57. The van der Waals surface area contributed by atoms with Gasteiger partial charge in [-0.05, 0) is 12.3 Å². The van der Waals surface area contributed by atoms with E-state index in [2.05, 4.69) is 16.0 Å². The van der Waals surface area contributed by atoms with Crippen LogP contribution in [-0.4, -0.2) is 70.5 Å². The van der Waals surface area contributed by atoms with Gasteiger partial charge in [-0.3, -0.25) is 28.8 Å². The average Bonchev–Trinajstić information content (AvgIpc) is 2.65. The molecule has 13 heteroatoms. The highest BCUT2D eigenvalue weighted by Gasteiger charge is 2.31. The van der Waals surface area contributed by atoms with Gasteiger partial charge in [0.1, 0.15) is 18.6 Å². The van der Waals surface area contributed by atoms with Crippen LogP contribution in [0.4, 0.5) is 0 Å². The summed E-state index contributed by atoms with van der Waals surface area (Å²) in [5.41, 5.74) is 10.5. The molecule has 0 saturated carbocycles. The van der Waals surface area contributed by atoms with Crippen molar-refractivity contribution in [3.8, 4) is 0 Å². The first-order valence-electron chi connectivity index (χ1n) is 9.24. The minimum Gasteiger partial charge on any atom is -0.481 e. The first-order chi connectivity index (χ1) is 13.9. The van der Waals surface area contributed by atoms with E-state index in [1.807, 2.05) is 0 Å². The molecule has 0 aromatic carbocycles. The SMILES string of the molecule is CCC(C)C(NC(=O)C(CCC(=O)O)NC(=O)C(N)CC(N)=O)C(=O)NCC(=O)O. The molecule has 0 fully saturated rings. The van der Waals surface area contributed by atoms with E-state index >= 15 is 0 Å². The van der Waals surface area contributed by atoms with Crippen LogP contribution < -0.4 is 27.4 Å². The molecule has 13 nitrogen and oxygen atoms in total. The number of amides is 4. The summed E-state index contributed by atoms with van der Waals surface area (Å²) >= 11 is 0. The van der Waals surface area contributed by atoms with Crippen molar-refractivity contribution in [3.63, 3.8) is 0 Å². The van der Waals surface area contributed by atoms with Crippen LogP contribution in [0.5, 0.6) is 0 Å². The Morgan fingerprint density at radius 2 is 1.53 bits per heavy atom. The van der Waals surface area contributed by atoms with E-state index in [0.29, 0.717) is 6.42 Å². The monoisotopic (exact) mass is 431 g/mol. The van der Waals surface area contributed by atoms with Gasteiger partial charge in [0.25, 0.3) is 0 Å². The maximum atomic E-state index is 12.7. The topological polar surface area (TPSA) is 231 Å². The average molecular weight is 431 g/mol. The minimum absolute atomic E-state index is 0.305. The normalized spacial score (nSPS) is 14.5. The molecule has 4 atom stereocenters. The summed E-state index contributed by atoms with van der Waals surface area (Å²) in [6.45, 7) is 2.75. The van der Waals surface area contributed by atoms with Gasteiger partial charge in [0.05, 0.1) is 12.5 Å². The molecule has 30 heavy (non-hydrogen) atoms. The summed E-state index contributed by atoms with van der Waals surface area (Å²) in [5.74, 6) is -6.21. The van der Waals surface area contributed by atoms with Crippen molar-refractivity contribution >= 4 is 35.6 Å². The van der Waals surface area contributed by atoms with Gasteiger partial charge in [-0.1, -0.05) is 20.3 Å². The number of rotatable bonds is 14. The Bertz CT molecular complexity index is 669. The van der Waals surface area contributed by atoms with Gasteiger partial charge in [0.2, 0.25) is 23.6 Å². The van der Waals surface area contributed by atoms with Gasteiger partial charge in [-0.25, -0.2) is 0 Å². The van der Waals surface area contributed by atoms with E-state index in [1.165, 1.54) is 0 Å². The van der Waals surface area contributed by atoms with Crippen LogP contribution in [0.1, 0.15) is 39.5 Å². The van der Waals surface area contributed by atoms with Gasteiger partial charge in [-0.15, -0.1) is 0 Å². The number of nitrogens with one attached hydrogen (secondary N) is 3. The lowest BCUT2D eigenvalue weighted by atomic mass is 9.97. The summed E-state index contributed by atoms with van der Waals surface area (Å²) in [4.78, 5) is 69.5. The van der Waals surface area contributed by atoms with Crippen molar-refractivity contribution in [2.45, 2.75) is 57.7 Å². The van der Waals surface area contributed by atoms with Crippen molar-refractivity contribution in [2.75, 3.05) is 6.54 Å². The zero-order chi connectivity index (χ0) is 23.4. The highest BCUT2D eigenvalue weighted by molar-refractivity contribution is 5.95. The Labute approximate surface area is 172 Å². The lowest BCUT2D eigenvalue weighted by molar-refractivity contribution is -0.139. The van der Waals surface area contributed by atoms with Crippen LogP contribution in [0, 0.1) is 5.92 Å². The van der Waals surface area contributed by atoms with Gasteiger partial charge >= 0.3 is 11.9 Å². The van der Waals surface area contributed by atoms with Crippen LogP contribution in [0.3, 0.4) is 0 Å². The number of nitrogens with two attached hydrogens (primary N) is 2. The molecular formula is C17H29N5O8. The molecule has 4 unspecified atom stereocenters. The standard InChI is InChI=1S/C17H29N5O8/c1-3-8(2)14(17(30)20-7-13(26)27)22-16(29)10(4-5-12(24)25)21-15(28)9(18)6-11(19)23/h8-10,14H,3-7,18H2,1-2H3,(H2,19,23)(H,20,30)(H,21,28)(H,22,29)(H,24,25)(H,26,27). The molecule has 9 N–H and O–H groups in total. The first-order valence-corrected chi connectivity index (χ1v) is 9.24. The van der Waals surface area contributed by atoms with Gasteiger partial charge < -0.3 is 37.6 Å². The lowest BCUT2D eigenvalue weighted by Gasteiger charge is -2.26. The summed E-state index contributed by atoms with van der Waals surface area (Å²) in [7, 11) is 0. The van der Waals surface area contributed by atoms with Gasteiger partial charge in [0.15, 0.2) is 0 Å². The third-order valence-electron chi connectivity index (χ3n) is 4.24. The molecule has 0 heterocycles. The molecule has 0 aliphatic heterocycles. The second kappa shape index (κ2) is 13.1. The van der Waals surface area contributed by atoms with Crippen molar-refractivity contribution in [3.05, 3.63) is 0 Å². The minimum atomic E-state index is -1.36. The van der Waals surface area contributed by atoms with Crippen molar-refractivity contribution < 1.29 is 39.0 Å². The van der Waals surface area contributed by atoms with Gasteiger partial charge in [-0.2, -0.15) is 0 Å². The van der Waals surface area contributed by atoms with Crippen LogP contribution in [0.25, 0.3) is 0 Å². The predicted octanol–water partition coefficient (Wildman–Crippen LogP) is -2.73. The highest BCUT2D eigenvalue weighted by Crippen LogP contribution is 2.09. The fraction of sp³-hybridized carbons (Fsp3) is 0.647. The van der Waals surface area contributed by atoms with E-state index in [1.54, 1.807) is 13.8 Å². The summed E-state index contributed by atoms with van der Waals surface area (Å²) in [6.07, 6.45) is -0.796. The maximum absolute atomic E-state index is 12.7. The quantitative estimate of drug-likeness (QED) is 0.151. The molecule has 0 radical (unpaired) electrons. The fourth-order valence-corrected chi connectivity index (χ4v) is 2.35. The number of hydrogen-bond acceptors (Lipinski definition) is 7. The van der Waals surface area contributed by atoms with Crippen LogP contribution in [0.2, 0.25) is 0 Å². The first kappa shape index (κ1) is 26.8. The maximum Gasteiger partial charge on any atom is 0.322 e. The second-order valence-electron chi connectivity index (χ2n) is 6.75. The molecule has 0 bridgehead atoms. The third kappa shape index (κ3) is 10.4. The van der Waals surface area contributed by atoms with E-state index < -0.39 is 79.0 Å². The fourth-order valence-electron chi connectivity index (χ4n) is 2.35. The van der Waals surface area contributed by atoms with E-state index in [-0.39, 0.29) is 6.42 Å². The second-order valence-corrected chi connectivity index (χ2v) is 6.75. The molecule has 170 valence electrons. The Hall–Kier alpha value is -3.22. The molecule has 0 spiro atoms. The van der Waals surface area contributed by atoms with E-state index in [4.69, 9.17) is 21.7 Å². The molecular weight excluding hydrogens is 402 g/mol. The number of primary amides is 1. The molecule has 4 amide bonds. The smallest absolute Gasteiger partial charge is 0.322 e. The number of hydrogen-bond donors (Lipinski definition) is 7. The molecule has 0 rings (SSSR count). The van der Waals surface area contributed by atoms with Crippen molar-refractivity contribution in [1.82, 2.24) is 16.0 Å². The Kier molecular flexibility index (Phi) is 11.7. The summed E-state index contributed by atoms with van der Waals surface area (Å²) < 4.78 is 0. The van der Waals surface area contributed by atoms with Crippen LogP contribution in [0.15, 0.2) is 0 Å². The number of carbonyl (C=O) groups excluding carboxylic acids is 4. The zero-order valence-electron chi connectivity index (χ0n) is 16.8. The third-order valence-corrected chi connectivity index (χ3v) is 4.24. The zero-order valence-corrected chi connectivity index (χ0v) is 16.8. The predicted molar refractivity (Wildman–Crippen MR) is 103 cm³/mol.